The summed E-state index contributed by atoms with van der Waals surface area (Å²) in [5.74, 6) is 0. The lowest BCUT2D eigenvalue weighted by Crippen LogP contribution is -2.06. The van der Waals surface area contributed by atoms with Gasteiger partial charge in [-0.3, -0.25) is 0 Å². The largest absolute Gasteiger partial charge is 0.383 e. The number of nitrogens with one attached hydrogen (secondary N) is 1. The molecule has 0 amide bonds. The fourth-order valence-corrected chi connectivity index (χ4v) is 2.40. The molecule has 0 unspecified atom stereocenters. The molecule has 0 atom stereocenters. The van der Waals surface area contributed by atoms with Gasteiger partial charge in [0.2, 0.25) is 0 Å². The Morgan fingerprint density at radius 1 is 1.53 bits per heavy atom. The van der Waals surface area contributed by atoms with Gasteiger partial charge in [0.25, 0.3) is 0 Å². The maximum Gasteiger partial charge on any atom is 0.183 e. The number of benzene rings is 1. The van der Waals surface area contributed by atoms with Crippen LogP contribution in [0.15, 0.2) is 18.2 Å². The van der Waals surface area contributed by atoms with Gasteiger partial charge in [-0.1, -0.05) is 22.9 Å². The third-order valence-electron chi connectivity index (χ3n) is 1.93. The third kappa shape index (κ3) is 2.59. The molecule has 0 aliphatic heterocycles. The molecule has 0 saturated heterocycles. The number of halogens is 1. The lowest BCUT2D eigenvalue weighted by Gasteiger charge is -1.99. The Labute approximate surface area is 97.0 Å². The van der Waals surface area contributed by atoms with E-state index in [-0.39, 0.29) is 0 Å². The molecular formula is C10H11ClN2OS. The number of hydrogen-bond acceptors (Lipinski definition) is 4. The molecule has 2 aromatic rings. The molecule has 1 aromatic carbocycles. The van der Waals surface area contributed by atoms with Crippen molar-refractivity contribution in [3.05, 3.63) is 23.2 Å². The number of thiazole rings is 1. The summed E-state index contributed by atoms with van der Waals surface area (Å²) < 4.78 is 6.05. The van der Waals surface area contributed by atoms with Crippen LogP contribution >= 0.6 is 22.9 Å². The average molecular weight is 243 g/mol. The third-order valence-corrected chi connectivity index (χ3v) is 3.14. The lowest BCUT2D eigenvalue weighted by molar-refractivity contribution is 0.211. The van der Waals surface area contributed by atoms with Crippen LogP contribution in [0.2, 0.25) is 5.02 Å². The normalized spacial score (nSPS) is 10.8. The molecule has 2 rings (SSSR count). The van der Waals surface area contributed by atoms with E-state index in [1.54, 1.807) is 18.4 Å². The van der Waals surface area contributed by atoms with Crippen molar-refractivity contribution in [2.75, 3.05) is 25.6 Å². The van der Waals surface area contributed by atoms with Crippen LogP contribution in [-0.4, -0.2) is 25.2 Å². The first-order chi connectivity index (χ1) is 7.29. The Morgan fingerprint density at radius 2 is 2.40 bits per heavy atom. The standard InChI is InChI=1S/C10H11ClN2OS/c1-14-5-4-12-10-13-8-3-2-7(11)6-9(8)15-10/h2-3,6H,4-5H2,1H3,(H,12,13). The van der Waals surface area contributed by atoms with Gasteiger partial charge in [-0.05, 0) is 18.2 Å². The minimum absolute atomic E-state index is 0.677. The van der Waals surface area contributed by atoms with Crippen molar-refractivity contribution in [1.29, 1.82) is 0 Å². The van der Waals surface area contributed by atoms with Crippen molar-refractivity contribution in [1.82, 2.24) is 4.98 Å². The van der Waals surface area contributed by atoms with Crippen LogP contribution in [0, 0.1) is 0 Å². The quantitative estimate of drug-likeness (QED) is 0.837. The summed E-state index contributed by atoms with van der Waals surface area (Å²) in [5.41, 5.74) is 0.976. The van der Waals surface area contributed by atoms with Gasteiger partial charge >= 0.3 is 0 Å². The molecule has 1 N–H and O–H groups in total. The van der Waals surface area contributed by atoms with Gasteiger partial charge < -0.3 is 10.1 Å². The monoisotopic (exact) mass is 242 g/mol. The van der Waals surface area contributed by atoms with E-state index in [1.807, 2.05) is 18.2 Å². The van der Waals surface area contributed by atoms with E-state index in [0.29, 0.717) is 6.61 Å². The number of ether oxygens (including phenoxy) is 1. The smallest absolute Gasteiger partial charge is 0.183 e. The van der Waals surface area contributed by atoms with E-state index in [2.05, 4.69) is 10.3 Å². The molecule has 0 aliphatic carbocycles. The van der Waals surface area contributed by atoms with E-state index in [0.717, 1.165) is 26.9 Å². The molecule has 5 heteroatoms. The summed E-state index contributed by atoms with van der Waals surface area (Å²) in [6.07, 6.45) is 0. The Bertz CT molecular complexity index is 458. The van der Waals surface area contributed by atoms with Gasteiger partial charge in [-0.15, -0.1) is 0 Å². The Kier molecular flexibility index (Phi) is 3.41. The molecule has 1 aromatic heterocycles. The van der Waals surface area contributed by atoms with Crippen molar-refractivity contribution in [2.45, 2.75) is 0 Å². The van der Waals surface area contributed by atoms with Crippen molar-refractivity contribution in [2.24, 2.45) is 0 Å². The highest BCUT2D eigenvalue weighted by Gasteiger charge is 2.03. The molecule has 3 nitrogen and oxygen atoms in total. The van der Waals surface area contributed by atoms with Gasteiger partial charge in [0.15, 0.2) is 5.13 Å². The number of aromatic nitrogens is 1. The topological polar surface area (TPSA) is 34.1 Å². The molecule has 0 aliphatic rings. The Morgan fingerprint density at radius 3 is 3.20 bits per heavy atom. The SMILES string of the molecule is COCCNc1nc2ccc(Cl)cc2s1. The zero-order chi connectivity index (χ0) is 10.7. The number of fused-ring (bicyclic) bond motifs is 1. The molecule has 0 bridgehead atoms. The van der Waals surface area contributed by atoms with E-state index in [4.69, 9.17) is 16.3 Å². The van der Waals surface area contributed by atoms with Gasteiger partial charge in [0.05, 0.1) is 16.8 Å². The highest BCUT2D eigenvalue weighted by molar-refractivity contribution is 7.22. The highest BCUT2D eigenvalue weighted by Crippen LogP contribution is 2.27. The van der Waals surface area contributed by atoms with E-state index >= 15 is 0 Å². The van der Waals surface area contributed by atoms with Crippen LogP contribution in [0.5, 0.6) is 0 Å². The fraction of sp³-hybridized carbons (Fsp3) is 0.300. The summed E-state index contributed by atoms with van der Waals surface area (Å²) in [6.45, 7) is 1.45. The summed E-state index contributed by atoms with van der Waals surface area (Å²) >= 11 is 7.49. The van der Waals surface area contributed by atoms with E-state index in [9.17, 15) is 0 Å². The maximum atomic E-state index is 5.89. The van der Waals surface area contributed by atoms with Gasteiger partial charge in [-0.25, -0.2) is 4.98 Å². The van der Waals surface area contributed by atoms with Crippen LogP contribution in [0.1, 0.15) is 0 Å². The number of hydrogen-bond donors (Lipinski definition) is 1. The predicted octanol–water partition coefficient (Wildman–Crippen LogP) is 3.01. The number of methoxy groups -OCH3 is 1. The number of anilines is 1. The van der Waals surface area contributed by atoms with Gasteiger partial charge in [-0.2, -0.15) is 0 Å². The van der Waals surface area contributed by atoms with Gasteiger partial charge in [0.1, 0.15) is 0 Å². The van der Waals surface area contributed by atoms with Crippen molar-refractivity contribution >= 4 is 38.3 Å². The summed E-state index contributed by atoms with van der Waals surface area (Å²) in [5, 5.41) is 4.85. The minimum Gasteiger partial charge on any atom is -0.383 e. The molecule has 80 valence electrons. The lowest BCUT2D eigenvalue weighted by atomic mass is 10.3. The second kappa shape index (κ2) is 4.79. The van der Waals surface area contributed by atoms with Crippen LogP contribution in [0.25, 0.3) is 10.2 Å². The molecular weight excluding hydrogens is 232 g/mol. The van der Waals surface area contributed by atoms with Crippen molar-refractivity contribution in [3.63, 3.8) is 0 Å². The fourth-order valence-electron chi connectivity index (χ4n) is 1.23. The van der Waals surface area contributed by atoms with Crippen LogP contribution in [0.4, 0.5) is 5.13 Å². The van der Waals surface area contributed by atoms with Crippen molar-refractivity contribution < 1.29 is 4.74 Å². The second-order valence-electron chi connectivity index (χ2n) is 3.05. The molecule has 0 fully saturated rings. The summed E-state index contributed by atoms with van der Waals surface area (Å²) in [6, 6.07) is 5.70. The molecule has 0 radical (unpaired) electrons. The second-order valence-corrected chi connectivity index (χ2v) is 4.52. The van der Waals surface area contributed by atoms with Crippen LogP contribution in [0.3, 0.4) is 0 Å². The Hall–Kier alpha value is -0.840. The number of rotatable bonds is 4. The highest BCUT2D eigenvalue weighted by atomic mass is 35.5. The first kappa shape index (κ1) is 10.7. The molecule has 15 heavy (non-hydrogen) atoms. The molecule has 0 spiro atoms. The maximum absolute atomic E-state index is 5.89. The first-order valence-electron chi connectivity index (χ1n) is 4.58. The van der Waals surface area contributed by atoms with Gasteiger partial charge in [0, 0.05) is 18.7 Å². The minimum atomic E-state index is 0.677. The average Bonchev–Trinajstić information content (AvgIpc) is 2.60. The van der Waals surface area contributed by atoms with E-state index < -0.39 is 0 Å². The van der Waals surface area contributed by atoms with Crippen LogP contribution < -0.4 is 5.32 Å². The summed E-state index contributed by atoms with van der Waals surface area (Å²) in [7, 11) is 1.68. The predicted molar refractivity (Wildman–Crippen MR) is 65.0 cm³/mol. The van der Waals surface area contributed by atoms with Crippen molar-refractivity contribution in [3.8, 4) is 0 Å². The first-order valence-corrected chi connectivity index (χ1v) is 5.78. The molecule has 1 heterocycles. The van der Waals surface area contributed by atoms with E-state index in [1.165, 1.54) is 0 Å². The van der Waals surface area contributed by atoms with Crippen LogP contribution in [-0.2, 0) is 4.74 Å². The zero-order valence-electron chi connectivity index (χ0n) is 8.29. The summed E-state index contributed by atoms with van der Waals surface area (Å²) in [4.78, 5) is 4.42. The Balaban J connectivity index is 2.16. The molecule has 0 saturated carbocycles. The number of nitrogens with zero attached hydrogens (tertiary/aromatic N) is 1. The zero-order valence-corrected chi connectivity index (χ0v) is 9.86.